The maximum absolute atomic E-state index is 11.9. The summed E-state index contributed by atoms with van der Waals surface area (Å²) >= 11 is 0. The number of hydrogen-bond acceptors (Lipinski definition) is 7. The van der Waals surface area contributed by atoms with Crippen molar-refractivity contribution in [3.8, 4) is 0 Å². The number of aliphatic hydroxyl groups excluding tert-OH is 3. The Morgan fingerprint density at radius 1 is 1.30 bits per heavy atom. The molecule has 0 spiro atoms. The number of carbonyl (C=O) groups is 1. The number of ether oxygens (including phenoxy) is 3. The van der Waals surface area contributed by atoms with E-state index in [-0.39, 0.29) is 6.61 Å². The Morgan fingerprint density at radius 3 is 2.61 bits per heavy atom. The number of alkyl carbamates (subject to hydrolysis) is 1. The molecule has 1 aromatic rings. The van der Waals surface area contributed by atoms with Crippen LogP contribution in [0.5, 0.6) is 0 Å². The summed E-state index contributed by atoms with van der Waals surface area (Å²) in [6.45, 7) is -0.418. The highest BCUT2D eigenvalue weighted by Gasteiger charge is 2.45. The van der Waals surface area contributed by atoms with Crippen LogP contribution in [-0.2, 0) is 20.8 Å². The molecular weight excluding hydrogens is 306 g/mol. The van der Waals surface area contributed by atoms with Gasteiger partial charge in [0.1, 0.15) is 31.0 Å². The quantitative estimate of drug-likeness (QED) is 0.568. The number of carbonyl (C=O) groups excluding carboxylic acids is 1. The van der Waals surface area contributed by atoms with Crippen molar-refractivity contribution in [2.45, 2.75) is 37.3 Å². The average Bonchev–Trinajstić information content (AvgIpc) is 2.57. The van der Waals surface area contributed by atoms with Gasteiger partial charge in [0.25, 0.3) is 0 Å². The van der Waals surface area contributed by atoms with Crippen molar-refractivity contribution >= 4 is 6.09 Å². The number of nitrogens with one attached hydrogen (secondary N) is 1. The fraction of sp³-hybridized carbons (Fsp3) is 0.533. The van der Waals surface area contributed by atoms with Crippen LogP contribution in [0.4, 0.5) is 4.79 Å². The van der Waals surface area contributed by atoms with Crippen LogP contribution in [0.25, 0.3) is 0 Å². The maximum Gasteiger partial charge on any atom is 0.407 e. The SMILES string of the molecule is CO[C@H]1[C@H](O)[C@@H](CO)O[C@H](O)[C@H]1NC(=O)OCc1ccccc1. The van der Waals surface area contributed by atoms with E-state index in [1.165, 1.54) is 7.11 Å². The molecule has 23 heavy (non-hydrogen) atoms. The van der Waals surface area contributed by atoms with Crippen molar-refractivity contribution in [2.75, 3.05) is 13.7 Å². The zero-order valence-corrected chi connectivity index (χ0v) is 12.7. The van der Waals surface area contributed by atoms with Gasteiger partial charge in [0, 0.05) is 7.11 Å². The first-order valence-electron chi connectivity index (χ1n) is 7.19. The van der Waals surface area contributed by atoms with Gasteiger partial charge in [0.2, 0.25) is 0 Å². The zero-order chi connectivity index (χ0) is 16.8. The molecule has 1 fully saturated rings. The maximum atomic E-state index is 11.9. The van der Waals surface area contributed by atoms with E-state index in [0.29, 0.717) is 0 Å². The molecule has 1 aliphatic heterocycles. The fourth-order valence-electron chi connectivity index (χ4n) is 2.42. The van der Waals surface area contributed by atoms with Gasteiger partial charge in [-0.2, -0.15) is 0 Å². The zero-order valence-electron chi connectivity index (χ0n) is 12.7. The molecule has 0 unspecified atom stereocenters. The molecule has 128 valence electrons. The Labute approximate surface area is 133 Å². The Bertz CT molecular complexity index is 498. The van der Waals surface area contributed by atoms with Crippen molar-refractivity contribution in [3.05, 3.63) is 35.9 Å². The van der Waals surface area contributed by atoms with E-state index < -0.39 is 43.3 Å². The van der Waals surface area contributed by atoms with Crippen LogP contribution >= 0.6 is 0 Å². The van der Waals surface area contributed by atoms with Gasteiger partial charge in [0.15, 0.2) is 6.29 Å². The molecule has 8 heteroatoms. The largest absolute Gasteiger partial charge is 0.445 e. The summed E-state index contributed by atoms with van der Waals surface area (Å²) in [4.78, 5) is 11.9. The molecule has 0 aliphatic carbocycles. The first kappa shape index (κ1) is 17.6. The monoisotopic (exact) mass is 327 g/mol. The second kappa shape index (κ2) is 8.23. The lowest BCUT2D eigenvalue weighted by atomic mass is 9.97. The highest BCUT2D eigenvalue weighted by atomic mass is 16.6. The summed E-state index contributed by atoms with van der Waals surface area (Å²) in [5, 5.41) is 31.5. The van der Waals surface area contributed by atoms with Crippen molar-refractivity contribution in [1.29, 1.82) is 0 Å². The molecule has 1 aromatic carbocycles. The van der Waals surface area contributed by atoms with E-state index in [2.05, 4.69) is 5.32 Å². The molecule has 0 radical (unpaired) electrons. The van der Waals surface area contributed by atoms with Crippen molar-refractivity contribution in [2.24, 2.45) is 0 Å². The molecule has 8 nitrogen and oxygen atoms in total. The third-order valence-corrected chi connectivity index (χ3v) is 3.64. The van der Waals surface area contributed by atoms with E-state index in [4.69, 9.17) is 19.3 Å². The highest BCUT2D eigenvalue weighted by molar-refractivity contribution is 5.67. The van der Waals surface area contributed by atoms with Crippen molar-refractivity contribution in [3.63, 3.8) is 0 Å². The van der Waals surface area contributed by atoms with Gasteiger partial charge in [-0.05, 0) is 5.56 Å². The minimum Gasteiger partial charge on any atom is -0.445 e. The minimum atomic E-state index is -1.44. The van der Waals surface area contributed by atoms with E-state index in [1.807, 2.05) is 18.2 Å². The Balaban J connectivity index is 1.93. The van der Waals surface area contributed by atoms with Crippen LogP contribution < -0.4 is 5.32 Å². The van der Waals surface area contributed by atoms with E-state index in [1.54, 1.807) is 12.1 Å². The number of aliphatic hydroxyl groups is 3. The summed E-state index contributed by atoms with van der Waals surface area (Å²) in [7, 11) is 1.32. The molecule has 0 aromatic heterocycles. The molecule has 1 amide bonds. The topological polar surface area (TPSA) is 117 Å². The predicted octanol–water partition coefficient (Wildman–Crippen LogP) is -0.633. The van der Waals surface area contributed by atoms with Gasteiger partial charge in [-0.15, -0.1) is 0 Å². The first-order valence-corrected chi connectivity index (χ1v) is 7.19. The number of amides is 1. The molecule has 0 saturated carbocycles. The van der Waals surface area contributed by atoms with Gasteiger partial charge >= 0.3 is 6.09 Å². The average molecular weight is 327 g/mol. The minimum absolute atomic E-state index is 0.0653. The van der Waals surface area contributed by atoms with Crippen LogP contribution in [0.15, 0.2) is 30.3 Å². The van der Waals surface area contributed by atoms with Crippen LogP contribution in [0.1, 0.15) is 5.56 Å². The third kappa shape index (κ3) is 4.40. The predicted molar refractivity (Wildman–Crippen MR) is 78.3 cm³/mol. The summed E-state index contributed by atoms with van der Waals surface area (Å²) < 4.78 is 15.2. The standard InChI is InChI=1S/C15H21NO7/c1-21-13-11(14(19)23-10(7-17)12(13)18)16-15(20)22-8-9-5-3-2-4-6-9/h2-6,10-14,17-19H,7-8H2,1H3,(H,16,20)/t10-,11+,12-,13-,14+/m1/s1. The first-order chi connectivity index (χ1) is 11.1. The lowest BCUT2D eigenvalue weighted by Crippen LogP contribution is -2.64. The van der Waals surface area contributed by atoms with E-state index in [0.717, 1.165) is 5.56 Å². The van der Waals surface area contributed by atoms with Crippen LogP contribution in [-0.4, -0.2) is 65.8 Å². The number of hydrogen-bond donors (Lipinski definition) is 4. The van der Waals surface area contributed by atoms with Gasteiger partial charge in [-0.1, -0.05) is 30.3 Å². The third-order valence-electron chi connectivity index (χ3n) is 3.64. The second-order valence-corrected chi connectivity index (χ2v) is 5.17. The Hall–Kier alpha value is -1.71. The van der Waals surface area contributed by atoms with E-state index >= 15 is 0 Å². The van der Waals surface area contributed by atoms with Crippen LogP contribution in [0.3, 0.4) is 0 Å². The fourth-order valence-corrected chi connectivity index (χ4v) is 2.42. The molecular formula is C15H21NO7. The molecule has 1 saturated heterocycles. The van der Waals surface area contributed by atoms with Gasteiger partial charge in [-0.3, -0.25) is 0 Å². The van der Waals surface area contributed by atoms with Crippen molar-refractivity contribution in [1.82, 2.24) is 5.32 Å². The summed E-state index contributed by atoms with van der Waals surface area (Å²) in [5.74, 6) is 0. The molecule has 4 N–H and O–H groups in total. The highest BCUT2D eigenvalue weighted by Crippen LogP contribution is 2.22. The van der Waals surface area contributed by atoms with Gasteiger partial charge < -0.3 is 34.8 Å². The number of rotatable bonds is 5. The molecule has 5 atom stereocenters. The molecule has 2 rings (SSSR count). The van der Waals surface area contributed by atoms with E-state index in [9.17, 15) is 15.0 Å². The Morgan fingerprint density at radius 2 is 2.00 bits per heavy atom. The van der Waals surface area contributed by atoms with Crippen LogP contribution in [0, 0.1) is 0 Å². The normalized spacial score (nSPS) is 30.7. The summed E-state index contributed by atoms with van der Waals surface area (Å²) in [6.07, 6.45) is -5.36. The van der Waals surface area contributed by atoms with Gasteiger partial charge in [0.05, 0.1) is 6.61 Å². The number of benzene rings is 1. The Kier molecular flexibility index (Phi) is 6.31. The lowest BCUT2D eigenvalue weighted by Gasteiger charge is -2.41. The second-order valence-electron chi connectivity index (χ2n) is 5.17. The summed E-state index contributed by atoms with van der Waals surface area (Å²) in [6, 6.07) is 8.07. The van der Waals surface area contributed by atoms with Gasteiger partial charge in [-0.25, -0.2) is 4.79 Å². The molecule has 0 bridgehead atoms. The summed E-state index contributed by atoms with van der Waals surface area (Å²) in [5.41, 5.74) is 0.812. The van der Waals surface area contributed by atoms with Crippen molar-refractivity contribution < 1.29 is 34.3 Å². The number of methoxy groups -OCH3 is 1. The smallest absolute Gasteiger partial charge is 0.407 e. The molecule has 1 aliphatic rings. The van der Waals surface area contributed by atoms with Crippen LogP contribution in [0.2, 0.25) is 0 Å². The molecule has 1 heterocycles. The lowest BCUT2D eigenvalue weighted by molar-refractivity contribution is -0.257.